The number of para-hydroxylation sites is 1. The van der Waals surface area contributed by atoms with Gasteiger partial charge in [0, 0.05) is 24.5 Å². The molecular weight excluding hydrogens is 356 g/mol. The van der Waals surface area contributed by atoms with Gasteiger partial charge in [0.2, 0.25) is 0 Å². The monoisotopic (exact) mass is 380 g/mol. The predicted molar refractivity (Wildman–Crippen MR) is 108 cm³/mol. The molecule has 1 saturated heterocycles. The first-order valence-corrected chi connectivity index (χ1v) is 9.59. The number of hydrogen-bond acceptors (Lipinski definition) is 6. The van der Waals surface area contributed by atoms with Gasteiger partial charge in [0.15, 0.2) is 12.4 Å². The number of carbonyl (C=O) groups is 1. The maximum absolute atomic E-state index is 12.1. The summed E-state index contributed by atoms with van der Waals surface area (Å²) in [5, 5.41) is 7.39. The number of nitrogens with zero attached hydrogens (tertiary/aromatic N) is 3. The molecule has 1 aliphatic rings. The smallest absolute Gasteiger partial charge is 0.263 e. The molecule has 0 aliphatic carbocycles. The lowest BCUT2D eigenvalue weighted by atomic mass is 10.0. The molecule has 1 atom stereocenters. The lowest BCUT2D eigenvalue weighted by Gasteiger charge is -2.32. The quantitative estimate of drug-likeness (QED) is 0.725. The molecule has 0 bridgehead atoms. The third-order valence-electron chi connectivity index (χ3n) is 4.90. The van der Waals surface area contributed by atoms with Crippen LogP contribution in [0.3, 0.4) is 0 Å². The number of hydrogen-bond donors (Lipinski definition) is 1. The summed E-state index contributed by atoms with van der Waals surface area (Å²) in [6, 6.07) is 11.5. The second kappa shape index (κ2) is 7.88. The number of pyridine rings is 1. The largest absolute Gasteiger partial charge is 0.481 e. The summed E-state index contributed by atoms with van der Waals surface area (Å²) in [7, 11) is 0. The van der Waals surface area contributed by atoms with Crippen molar-refractivity contribution in [3.8, 4) is 5.75 Å². The molecule has 1 fully saturated rings. The SMILES string of the molecule is Cc1cc(NC(=O)COc2cccc3ccc(N4CCCC(C)C4)nc23)no1. The zero-order valence-electron chi connectivity index (χ0n) is 16.1. The highest BCUT2D eigenvalue weighted by Crippen LogP contribution is 2.28. The van der Waals surface area contributed by atoms with Crippen molar-refractivity contribution in [3.63, 3.8) is 0 Å². The number of benzene rings is 1. The van der Waals surface area contributed by atoms with E-state index in [9.17, 15) is 4.79 Å². The molecule has 1 amide bonds. The number of amides is 1. The van der Waals surface area contributed by atoms with Crippen LogP contribution < -0.4 is 15.0 Å². The number of nitrogens with one attached hydrogen (secondary N) is 1. The minimum Gasteiger partial charge on any atom is -0.481 e. The predicted octanol–water partition coefficient (Wildman–Crippen LogP) is 3.79. The molecule has 3 aromatic rings. The van der Waals surface area contributed by atoms with E-state index in [0.29, 0.717) is 23.2 Å². The Bertz CT molecular complexity index is 985. The van der Waals surface area contributed by atoms with Crippen LogP contribution in [0.15, 0.2) is 40.9 Å². The number of aryl methyl sites for hydroxylation is 1. The minimum atomic E-state index is -0.300. The molecule has 1 N–H and O–H groups in total. The van der Waals surface area contributed by atoms with E-state index in [1.807, 2.05) is 18.2 Å². The van der Waals surface area contributed by atoms with Crippen molar-refractivity contribution in [3.05, 3.63) is 42.2 Å². The van der Waals surface area contributed by atoms with Crippen LogP contribution in [0.2, 0.25) is 0 Å². The number of fused-ring (bicyclic) bond motifs is 1. The number of aromatic nitrogens is 2. The van der Waals surface area contributed by atoms with Crippen LogP contribution >= 0.6 is 0 Å². The fraction of sp³-hybridized carbons (Fsp3) is 0.381. The average molecular weight is 380 g/mol. The first-order chi connectivity index (χ1) is 13.6. The summed E-state index contributed by atoms with van der Waals surface area (Å²) >= 11 is 0. The van der Waals surface area contributed by atoms with E-state index in [2.05, 4.69) is 34.4 Å². The van der Waals surface area contributed by atoms with Crippen molar-refractivity contribution in [2.24, 2.45) is 5.92 Å². The van der Waals surface area contributed by atoms with Crippen LogP contribution in [0.25, 0.3) is 10.9 Å². The van der Waals surface area contributed by atoms with Crippen molar-refractivity contribution in [1.29, 1.82) is 0 Å². The van der Waals surface area contributed by atoms with Gasteiger partial charge in [-0.3, -0.25) is 4.79 Å². The van der Waals surface area contributed by atoms with Crippen LogP contribution in [-0.4, -0.2) is 35.7 Å². The molecule has 3 heterocycles. The Morgan fingerprint density at radius 1 is 1.36 bits per heavy atom. The van der Waals surface area contributed by atoms with Crippen molar-refractivity contribution in [2.45, 2.75) is 26.7 Å². The van der Waals surface area contributed by atoms with Gasteiger partial charge >= 0.3 is 0 Å². The number of anilines is 2. The summed E-state index contributed by atoms with van der Waals surface area (Å²) < 4.78 is 10.7. The second-order valence-corrected chi connectivity index (χ2v) is 7.35. The van der Waals surface area contributed by atoms with Crippen molar-refractivity contribution < 1.29 is 14.1 Å². The normalized spacial score (nSPS) is 16.9. The number of carbonyl (C=O) groups excluding carboxylic acids is 1. The summed E-state index contributed by atoms with van der Waals surface area (Å²) in [6.45, 7) is 5.95. The van der Waals surface area contributed by atoms with Gasteiger partial charge in [0.05, 0.1) is 0 Å². The Kier molecular flexibility index (Phi) is 5.14. The Morgan fingerprint density at radius 2 is 2.25 bits per heavy atom. The summed E-state index contributed by atoms with van der Waals surface area (Å²) in [5.74, 6) is 2.93. The van der Waals surface area contributed by atoms with E-state index in [0.717, 1.165) is 29.8 Å². The van der Waals surface area contributed by atoms with Crippen LogP contribution in [0.5, 0.6) is 5.75 Å². The highest BCUT2D eigenvalue weighted by Gasteiger charge is 2.18. The molecule has 7 heteroatoms. The van der Waals surface area contributed by atoms with Crippen molar-refractivity contribution >= 4 is 28.4 Å². The minimum absolute atomic E-state index is 0.127. The van der Waals surface area contributed by atoms with Gasteiger partial charge in [-0.1, -0.05) is 24.2 Å². The van der Waals surface area contributed by atoms with E-state index < -0.39 is 0 Å². The van der Waals surface area contributed by atoms with Gasteiger partial charge in [-0.15, -0.1) is 0 Å². The molecule has 4 rings (SSSR count). The Morgan fingerprint density at radius 3 is 3.04 bits per heavy atom. The molecule has 146 valence electrons. The van der Waals surface area contributed by atoms with Crippen LogP contribution in [0.1, 0.15) is 25.5 Å². The standard InChI is InChI=1S/C21H24N4O3/c1-14-5-4-10-25(12-14)19-9-8-16-6-3-7-17(21(16)23-19)27-13-20(26)22-18-11-15(2)28-24-18/h3,6-9,11,14H,4-5,10,12-13H2,1-2H3,(H,22,24,26). The molecule has 28 heavy (non-hydrogen) atoms. The molecule has 2 aromatic heterocycles. The van der Waals surface area contributed by atoms with Gasteiger partial charge in [-0.05, 0) is 43.9 Å². The third kappa shape index (κ3) is 4.08. The summed E-state index contributed by atoms with van der Waals surface area (Å²) in [6.07, 6.45) is 2.44. The first-order valence-electron chi connectivity index (χ1n) is 9.59. The number of rotatable bonds is 5. The van der Waals surface area contributed by atoms with Gasteiger partial charge in [0.25, 0.3) is 5.91 Å². The molecule has 0 saturated carbocycles. The van der Waals surface area contributed by atoms with Crippen LogP contribution in [0, 0.1) is 12.8 Å². The molecule has 1 aromatic carbocycles. The lowest BCUT2D eigenvalue weighted by Crippen LogP contribution is -2.34. The zero-order chi connectivity index (χ0) is 19.5. The highest BCUT2D eigenvalue weighted by atomic mass is 16.5. The maximum atomic E-state index is 12.1. The number of piperidine rings is 1. The van der Waals surface area contributed by atoms with E-state index in [1.54, 1.807) is 13.0 Å². The topological polar surface area (TPSA) is 80.5 Å². The Balaban J connectivity index is 1.50. The van der Waals surface area contributed by atoms with E-state index in [4.69, 9.17) is 14.2 Å². The fourth-order valence-corrected chi connectivity index (χ4v) is 3.55. The third-order valence-corrected chi connectivity index (χ3v) is 4.90. The zero-order valence-corrected chi connectivity index (χ0v) is 16.1. The first kappa shape index (κ1) is 18.3. The Hall–Kier alpha value is -3.09. The summed E-state index contributed by atoms with van der Waals surface area (Å²) in [5.41, 5.74) is 0.767. The van der Waals surface area contributed by atoms with E-state index in [-0.39, 0.29) is 12.5 Å². The molecule has 0 radical (unpaired) electrons. The van der Waals surface area contributed by atoms with E-state index in [1.165, 1.54) is 12.8 Å². The Labute approximate surface area is 163 Å². The van der Waals surface area contributed by atoms with Gasteiger partial charge in [-0.25, -0.2) is 4.98 Å². The van der Waals surface area contributed by atoms with E-state index >= 15 is 0 Å². The molecule has 7 nitrogen and oxygen atoms in total. The second-order valence-electron chi connectivity index (χ2n) is 7.35. The van der Waals surface area contributed by atoms with Gasteiger partial charge in [-0.2, -0.15) is 0 Å². The maximum Gasteiger partial charge on any atom is 0.263 e. The molecule has 1 aliphatic heterocycles. The average Bonchev–Trinajstić information content (AvgIpc) is 3.10. The van der Waals surface area contributed by atoms with Crippen molar-refractivity contribution in [1.82, 2.24) is 10.1 Å². The van der Waals surface area contributed by atoms with Crippen LogP contribution in [-0.2, 0) is 4.79 Å². The molecular formula is C21H24N4O3. The number of ether oxygens (including phenoxy) is 1. The van der Waals surface area contributed by atoms with Crippen LogP contribution in [0.4, 0.5) is 11.6 Å². The summed E-state index contributed by atoms with van der Waals surface area (Å²) in [4.78, 5) is 19.3. The highest BCUT2D eigenvalue weighted by molar-refractivity contribution is 5.91. The van der Waals surface area contributed by atoms with Gasteiger partial charge in [0.1, 0.15) is 22.8 Å². The molecule has 0 spiro atoms. The van der Waals surface area contributed by atoms with Gasteiger partial charge < -0.3 is 19.5 Å². The molecule has 1 unspecified atom stereocenters. The lowest BCUT2D eigenvalue weighted by molar-refractivity contribution is -0.118. The fourth-order valence-electron chi connectivity index (χ4n) is 3.55. The van der Waals surface area contributed by atoms with Crippen molar-refractivity contribution in [2.75, 3.05) is 29.9 Å².